The van der Waals surface area contributed by atoms with E-state index in [2.05, 4.69) is 9.88 Å². The average Bonchev–Trinajstić information content (AvgIpc) is 3.12. The summed E-state index contributed by atoms with van der Waals surface area (Å²) in [7, 11) is -3.55. The van der Waals surface area contributed by atoms with E-state index in [4.69, 9.17) is 0 Å². The number of piperazine rings is 1. The van der Waals surface area contributed by atoms with Crippen molar-refractivity contribution in [1.82, 2.24) is 14.2 Å². The van der Waals surface area contributed by atoms with Crippen molar-refractivity contribution in [2.24, 2.45) is 0 Å². The molecule has 5 rings (SSSR count). The van der Waals surface area contributed by atoms with Gasteiger partial charge in [0.2, 0.25) is 10.0 Å². The van der Waals surface area contributed by atoms with Gasteiger partial charge >= 0.3 is 0 Å². The topological polar surface area (TPSA) is 117 Å². The molecule has 0 aliphatic carbocycles. The lowest BCUT2D eigenvalue weighted by Gasteiger charge is -2.34. The molecule has 3 aromatic rings. The number of anilines is 1. The summed E-state index contributed by atoms with van der Waals surface area (Å²) in [5, 5.41) is 11.8. The van der Waals surface area contributed by atoms with E-state index in [0.717, 1.165) is 35.5 Å². The molecule has 0 atom stereocenters. The van der Waals surface area contributed by atoms with Crippen LogP contribution in [0, 0.1) is 10.1 Å². The summed E-state index contributed by atoms with van der Waals surface area (Å²) in [4.78, 5) is 32.3. The van der Waals surface area contributed by atoms with E-state index in [9.17, 15) is 23.3 Å². The number of nitro benzene ring substituents is 1. The minimum atomic E-state index is -3.55. The Kier molecular flexibility index (Phi) is 6.91. The van der Waals surface area contributed by atoms with Crippen molar-refractivity contribution in [2.45, 2.75) is 30.6 Å². The van der Waals surface area contributed by atoms with Gasteiger partial charge in [0.15, 0.2) is 5.13 Å². The molecule has 2 aromatic carbocycles. The van der Waals surface area contributed by atoms with Crippen LogP contribution >= 0.6 is 11.3 Å². The van der Waals surface area contributed by atoms with Crippen LogP contribution in [0.5, 0.6) is 0 Å². The molecule has 36 heavy (non-hydrogen) atoms. The standard InChI is InChI=1S/C24H27N5O5S2/c30-23(18-5-8-20(9-6-18)36(33,34)28-11-3-1-2-4-12-28)26-13-15-27(16-14-26)24-25-21-10-7-19(29(31)32)17-22(21)35-24/h5-10,17H,1-4,11-16H2. The Balaban J connectivity index is 1.22. The van der Waals surface area contributed by atoms with Crippen LogP contribution < -0.4 is 4.90 Å². The molecule has 12 heteroatoms. The van der Waals surface area contributed by atoms with Crippen LogP contribution in [-0.4, -0.2) is 72.7 Å². The van der Waals surface area contributed by atoms with Crippen LogP contribution in [-0.2, 0) is 10.0 Å². The number of rotatable bonds is 5. The summed E-state index contributed by atoms with van der Waals surface area (Å²) in [6.07, 6.45) is 3.85. The number of nitro groups is 1. The normalized spacial score (nSPS) is 17.8. The number of nitrogens with zero attached hydrogens (tertiary/aromatic N) is 5. The van der Waals surface area contributed by atoms with Gasteiger partial charge in [-0.25, -0.2) is 13.4 Å². The van der Waals surface area contributed by atoms with Crippen molar-refractivity contribution >= 4 is 48.3 Å². The van der Waals surface area contributed by atoms with Gasteiger partial charge in [-0.2, -0.15) is 4.31 Å². The first-order valence-corrected chi connectivity index (χ1v) is 14.3. The Hall–Kier alpha value is -3.09. The van der Waals surface area contributed by atoms with E-state index in [-0.39, 0.29) is 16.5 Å². The molecule has 0 saturated carbocycles. The maximum Gasteiger partial charge on any atom is 0.270 e. The van der Waals surface area contributed by atoms with Crippen molar-refractivity contribution < 1.29 is 18.1 Å². The lowest BCUT2D eigenvalue weighted by Crippen LogP contribution is -2.48. The third kappa shape index (κ3) is 4.93. The van der Waals surface area contributed by atoms with Crippen molar-refractivity contribution in [3.8, 4) is 0 Å². The smallest absolute Gasteiger partial charge is 0.270 e. The van der Waals surface area contributed by atoms with E-state index < -0.39 is 14.9 Å². The van der Waals surface area contributed by atoms with E-state index >= 15 is 0 Å². The second kappa shape index (κ2) is 10.1. The predicted molar refractivity (Wildman–Crippen MR) is 138 cm³/mol. The highest BCUT2D eigenvalue weighted by atomic mass is 32.2. The van der Waals surface area contributed by atoms with Crippen LogP contribution in [0.2, 0.25) is 0 Å². The fourth-order valence-corrected chi connectivity index (χ4v) is 7.20. The molecule has 0 unspecified atom stereocenters. The van der Waals surface area contributed by atoms with Gasteiger partial charge in [-0.3, -0.25) is 14.9 Å². The number of hydrogen-bond donors (Lipinski definition) is 0. The molecule has 10 nitrogen and oxygen atoms in total. The quantitative estimate of drug-likeness (QED) is 0.365. The minimum Gasteiger partial charge on any atom is -0.345 e. The number of carbonyl (C=O) groups is 1. The number of non-ortho nitro benzene ring substituents is 1. The second-order valence-corrected chi connectivity index (χ2v) is 12.0. The highest BCUT2D eigenvalue weighted by molar-refractivity contribution is 7.89. The molecule has 3 heterocycles. The number of hydrogen-bond acceptors (Lipinski definition) is 8. The third-order valence-electron chi connectivity index (χ3n) is 6.71. The summed E-state index contributed by atoms with van der Waals surface area (Å²) in [5.74, 6) is -0.131. The lowest BCUT2D eigenvalue weighted by molar-refractivity contribution is -0.384. The molecule has 0 N–H and O–H groups in total. The molecule has 0 bridgehead atoms. The average molecular weight is 530 g/mol. The molecule has 2 fully saturated rings. The molecule has 2 saturated heterocycles. The van der Waals surface area contributed by atoms with Gasteiger partial charge in [0.25, 0.3) is 11.6 Å². The zero-order valence-electron chi connectivity index (χ0n) is 19.7. The highest BCUT2D eigenvalue weighted by Crippen LogP contribution is 2.32. The number of thiazole rings is 1. The second-order valence-electron chi connectivity index (χ2n) is 9.03. The molecule has 0 spiro atoms. The monoisotopic (exact) mass is 529 g/mol. The maximum absolute atomic E-state index is 13.1. The Morgan fingerprint density at radius 3 is 2.22 bits per heavy atom. The Bertz CT molecular complexity index is 1370. The summed E-state index contributed by atoms with van der Waals surface area (Å²) >= 11 is 1.40. The first-order valence-electron chi connectivity index (χ1n) is 12.0. The highest BCUT2D eigenvalue weighted by Gasteiger charge is 2.27. The van der Waals surface area contributed by atoms with Crippen molar-refractivity contribution in [3.63, 3.8) is 0 Å². The fraction of sp³-hybridized carbons (Fsp3) is 0.417. The molecule has 0 radical (unpaired) electrons. The van der Waals surface area contributed by atoms with Crippen molar-refractivity contribution in [3.05, 3.63) is 58.1 Å². The first kappa shape index (κ1) is 24.6. The Morgan fingerprint density at radius 2 is 1.58 bits per heavy atom. The van der Waals surface area contributed by atoms with Crippen LogP contribution in [0.15, 0.2) is 47.4 Å². The van der Waals surface area contributed by atoms with Crippen molar-refractivity contribution in [1.29, 1.82) is 0 Å². The molecular formula is C24H27N5O5S2. The van der Waals surface area contributed by atoms with Gasteiger partial charge < -0.3 is 9.80 Å². The number of benzene rings is 2. The zero-order chi connectivity index (χ0) is 25.3. The minimum absolute atomic E-state index is 0.0401. The van der Waals surface area contributed by atoms with Gasteiger partial charge in [0.1, 0.15) is 0 Å². The van der Waals surface area contributed by atoms with Crippen LogP contribution in [0.3, 0.4) is 0 Å². The van der Waals surface area contributed by atoms with E-state index in [0.29, 0.717) is 50.3 Å². The summed E-state index contributed by atoms with van der Waals surface area (Å²) in [5.41, 5.74) is 1.22. The van der Waals surface area contributed by atoms with Crippen LogP contribution in [0.1, 0.15) is 36.0 Å². The van der Waals surface area contributed by atoms with Crippen LogP contribution in [0.4, 0.5) is 10.8 Å². The molecular weight excluding hydrogens is 502 g/mol. The van der Waals surface area contributed by atoms with E-state index in [1.165, 1.54) is 35.6 Å². The molecule has 2 aliphatic heterocycles. The van der Waals surface area contributed by atoms with E-state index in [1.54, 1.807) is 27.4 Å². The van der Waals surface area contributed by atoms with Gasteiger partial charge in [0, 0.05) is 57.0 Å². The van der Waals surface area contributed by atoms with Gasteiger partial charge in [-0.05, 0) is 43.2 Å². The van der Waals surface area contributed by atoms with Gasteiger partial charge in [-0.1, -0.05) is 24.2 Å². The summed E-state index contributed by atoms with van der Waals surface area (Å²) in [6, 6.07) is 10.9. The van der Waals surface area contributed by atoms with Gasteiger partial charge in [-0.15, -0.1) is 0 Å². The Labute approximate surface area is 213 Å². The lowest BCUT2D eigenvalue weighted by atomic mass is 10.2. The Morgan fingerprint density at radius 1 is 0.917 bits per heavy atom. The third-order valence-corrected chi connectivity index (χ3v) is 9.70. The first-order chi connectivity index (χ1) is 17.3. The van der Waals surface area contributed by atoms with Crippen molar-refractivity contribution in [2.75, 3.05) is 44.2 Å². The number of carbonyl (C=O) groups excluding carboxylic acids is 1. The molecule has 1 amide bonds. The molecule has 1 aromatic heterocycles. The van der Waals surface area contributed by atoms with E-state index in [1.807, 2.05) is 0 Å². The predicted octanol–water partition coefficient (Wildman–Crippen LogP) is 3.73. The molecule has 190 valence electrons. The maximum atomic E-state index is 13.1. The summed E-state index contributed by atoms with van der Waals surface area (Å²) in [6.45, 7) is 3.27. The number of aromatic nitrogens is 1. The zero-order valence-corrected chi connectivity index (χ0v) is 21.3. The van der Waals surface area contributed by atoms with Gasteiger partial charge in [0.05, 0.1) is 20.0 Å². The summed E-state index contributed by atoms with van der Waals surface area (Å²) < 4.78 is 28.3. The number of sulfonamides is 1. The molecule has 2 aliphatic rings. The number of amides is 1. The SMILES string of the molecule is O=C(c1ccc(S(=O)(=O)N2CCCCCC2)cc1)N1CCN(c2nc3ccc([N+](=O)[O-])cc3s2)CC1. The largest absolute Gasteiger partial charge is 0.345 e. The fourth-order valence-electron chi connectivity index (χ4n) is 4.63. The number of fused-ring (bicyclic) bond motifs is 1. The van der Waals surface area contributed by atoms with Crippen LogP contribution in [0.25, 0.3) is 10.2 Å².